The predicted molar refractivity (Wildman–Crippen MR) is 182 cm³/mol. The highest BCUT2D eigenvalue weighted by atomic mass is 31.2. The van der Waals surface area contributed by atoms with Gasteiger partial charge in [0.2, 0.25) is 5.78 Å². The average Bonchev–Trinajstić information content (AvgIpc) is 3.10. The number of ketones is 1. The molecule has 0 heterocycles. The zero-order valence-electron chi connectivity index (χ0n) is 25.0. The van der Waals surface area contributed by atoms with E-state index in [1.165, 1.54) is 0 Å². The molecule has 0 bridgehead atoms. The quantitative estimate of drug-likeness (QED) is 0.121. The maximum absolute atomic E-state index is 14.4. The minimum Gasteiger partial charge on any atom is -0.409 e. The summed E-state index contributed by atoms with van der Waals surface area (Å²) in [5.41, 5.74) is 2.51. The molecule has 0 spiro atoms. The van der Waals surface area contributed by atoms with E-state index in [2.05, 4.69) is 0 Å². The van der Waals surface area contributed by atoms with Gasteiger partial charge < -0.3 is 27.1 Å². The van der Waals surface area contributed by atoms with Crippen molar-refractivity contribution in [2.45, 2.75) is 6.42 Å². The van der Waals surface area contributed by atoms with Gasteiger partial charge in [-0.15, -0.1) is 0 Å². The number of rotatable bonds is 12. The van der Waals surface area contributed by atoms with Crippen molar-refractivity contribution in [1.29, 1.82) is 0 Å². The van der Waals surface area contributed by atoms with Gasteiger partial charge in [0.25, 0.3) is 0 Å². The Morgan fingerprint density at radius 3 is 1.00 bits per heavy atom. The molecule has 7 rings (SSSR count). The molecule has 0 N–H and O–H groups in total. The standard InChI is InChI=1S/C38H28O7P2/c39-38-36-28(15-13-25-34(36)44-46(40-30-17-5-1-6-18-30)41-31-19-7-2-8-20-31)27-29-16-14-26-35(37(29)38)45-47(42-32-21-9-3-10-22-32)43-33-23-11-4-12-24-33/h1-26H,27H2. The summed E-state index contributed by atoms with van der Waals surface area (Å²) >= 11 is 0. The van der Waals surface area contributed by atoms with E-state index in [-0.39, 0.29) is 5.78 Å². The van der Waals surface area contributed by atoms with E-state index in [1.54, 1.807) is 12.1 Å². The number of carbonyl (C=O) groups is 1. The number of fused-ring (bicyclic) bond motifs is 2. The molecule has 47 heavy (non-hydrogen) atoms. The van der Waals surface area contributed by atoms with Gasteiger partial charge in [-0.25, -0.2) is 0 Å². The first-order chi connectivity index (χ1) is 23.2. The third kappa shape index (κ3) is 7.39. The second-order valence-electron chi connectivity index (χ2n) is 10.3. The molecule has 0 fully saturated rings. The SMILES string of the molecule is O=C1c2c(cccc2OP(Oc2ccccc2)Oc2ccccc2)Cc2cccc(OP(Oc3ccccc3)Oc3ccccc3)c21. The fourth-order valence-electron chi connectivity index (χ4n) is 4.99. The predicted octanol–water partition coefficient (Wildman–Crippen LogP) is 10.3. The summed E-state index contributed by atoms with van der Waals surface area (Å²) < 4.78 is 37.4. The van der Waals surface area contributed by atoms with Gasteiger partial charge in [0.05, 0.1) is 11.1 Å². The fourth-order valence-corrected chi connectivity index (χ4v) is 7.01. The Hall–Kier alpha value is -5.35. The average molecular weight is 659 g/mol. The lowest BCUT2D eigenvalue weighted by Crippen LogP contribution is -2.18. The van der Waals surface area contributed by atoms with Crippen molar-refractivity contribution in [2.24, 2.45) is 0 Å². The Labute approximate surface area is 275 Å². The first-order valence-electron chi connectivity index (χ1n) is 14.9. The largest absolute Gasteiger partial charge is 0.530 e. The fraction of sp³-hybridized carbons (Fsp3) is 0.0263. The van der Waals surface area contributed by atoms with E-state index in [4.69, 9.17) is 27.1 Å². The van der Waals surface area contributed by atoms with Crippen molar-refractivity contribution in [2.75, 3.05) is 0 Å². The van der Waals surface area contributed by atoms with Crippen LogP contribution < -0.4 is 27.1 Å². The molecule has 0 radical (unpaired) electrons. The summed E-state index contributed by atoms with van der Waals surface area (Å²) in [6.07, 6.45) is 0.499. The van der Waals surface area contributed by atoms with Crippen molar-refractivity contribution in [3.63, 3.8) is 0 Å². The number of benzene rings is 6. The smallest absolute Gasteiger partial charge is 0.409 e. The van der Waals surface area contributed by atoms with E-state index in [0.717, 1.165) is 11.1 Å². The van der Waals surface area contributed by atoms with Crippen LogP contribution in [0, 0.1) is 0 Å². The summed E-state index contributed by atoms with van der Waals surface area (Å²) in [6.45, 7) is 0. The highest BCUT2D eigenvalue weighted by molar-refractivity contribution is 7.43. The van der Waals surface area contributed by atoms with Gasteiger partial charge >= 0.3 is 17.2 Å². The van der Waals surface area contributed by atoms with Crippen LogP contribution in [0.3, 0.4) is 0 Å². The molecule has 0 atom stereocenters. The van der Waals surface area contributed by atoms with Gasteiger partial charge in [0.1, 0.15) is 34.5 Å². The summed E-state index contributed by atoms with van der Waals surface area (Å²) in [7, 11) is -3.98. The number of carbonyl (C=O) groups excluding carboxylic acids is 1. The maximum atomic E-state index is 14.4. The molecule has 1 aliphatic rings. The van der Waals surface area contributed by atoms with Crippen molar-refractivity contribution in [1.82, 2.24) is 0 Å². The van der Waals surface area contributed by atoms with Gasteiger partial charge in [-0.05, 0) is 78.2 Å². The van der Waals surface area contributed by atoms with E-state index in [9.17, 15) is 4.79 Å². The lowest BCUT2D eigenvalue weighted by Gasteiger charge is -2.25. The van der Waals surface area contributed by atoms with Crippen LogP contribution >= 0.6 is 17.2 Å². The van der Waals surface area contributed by atoms with Crippen LogP contribution in [0.25, 0.3) is 0 Å². The van der Waals surface area contributed by atoms with Gasteiger partial charge in [-0.1, -0.05) is 97.1 Å². The normalized spacial score (nSPS) is 11.7. The van der Waals surface area contributed by atoms with Crippen LogP contribution in [0.2, 0.25) is 0 Å². The Kier molecular flexibility index (Phi) is 9.28. The molecule has 0 aliphatic heterocycles. The molecular weight excluding hydrogens is 630 g/mol. The number of hydrogen-bond acceptors (Lipinski definition) is 7. The van der Waals surface area contributed by atoms with Crippen molar-refractivity contribution < 1.29 is 31.9 Å². The van der Waals surface area contributed by atoms with Gasteiger partial charge in [-0.3, -0.25) is 4.79 Å². The molecule has 0 unspecified atom stereocenters. The van der Waals surface area contributed by atoms with Crippen LogP contribution in [0.1, 0.15) is 27.0 Å². The minimum atomic E-state index is -1.99. The topological polar surface area (TPSA) is 72.5 Å². The third-order valence-electron chi connectivity index (χ3n) is 7.10. The zero-order chi connectivity index (χ0) is 31.8. The summed E-state index contributed by atoms with van der Waals surface area (Å²) in [5.74, 6) is 2.79. The van der Waals surface area contributed by atoms with E-state index < -0.39 is 17.2 Å². The Morgan fingerprint density at radius 2 is 0.681 bits per heavy atom. The molecule has 7 nitrogen and oxygen atoms in total. The van der Waals surface area contributed by atoms with E-state index in [0.29, 0.717) is 52.0 Å². The molecule has 6 aromatic carbocycles. The highest BCUT2D eigenvalue weighted by Crippen LogP contribution is 2.48. The Balaban J connectivity index is 1.20. The molecule has 0 saturated heterocycles. The second kappa shape index (κ2) is 14.4. The molecule has 0 aromatic heterocycles. The lowest BCUT2D eigenvalue weighted by molar-refractivity contribution is 0.103. The summed E-state index contributed by atoms with van der Waals surface area (Å²) in [6, 6.07) is 48.3. The molecular formula is C38H28O7P2. The minimum absolute atomic E-state index is 0.240. The molecule has 232 valence electrons. The van der Waals surface area contributed by atoms with Crippen LogP contribution in [0.15, 0.2) is 158 Å². The second-order valence-corrected chi connectivity index (χ2v) is 12.3. The van der Waals surface area contributed by atoms with Gasteiger partial charge in [0.15, 0.2) is 0 Å². The highest BCUT2D eigenvalue weighted by Gasteiger charge is 2.33. The number of para-hydroxylation sites is 4. The van der Waals surface area contributed by atoms with Crippen LogP contribution in [-0.4, -0.2) is 5.78 Å². The van der Waals surface area contributed by atoms with Crippen LogP contribution in [-0.2, 0) is 6.42 Å². The van der Waals surface area contributed by atoms with Gasteiger partial charge in [0, 0.05) is 0 Å². The maximum Gasteiger partial charge on any atom is 0.530 e. The monoisotopic (exact) mass is 658 g/mol. The van der Waals surface area contributed by atoms with Crippen molar-refractivity contribution >= 4 is 23.0 Å². The Bertz CT molecular complexity index is 1720. The number of hydrogen-bond donors (Lipinski definition) is 0. The van der Waals surface area contributed by atoms with Crippen LogP contribution in [0.5, 0.6) is 34.5 Å². The first-order valence-corrected chi connectivity index (χ1v) is 17.1. The van der Waals surface area contributed by atoms with E-state index >= 15 is 0 Å². The first kappa shape index (κ1) is 30.3. The lowest BCUT2D eigenvalue weighted by atomic mass is 9.84. The summed E-state index contributed by atoms with van der Waals surface area (Å²) in [5, 5.41) is 0. The molecule has 6 aromatic rings. The molecule has 0 amide bonds. The third-order valence-corrected chi connectivity index (χ3v) is 9.23. The summed E-state index contributed by atoms with van der Waals surface area (Å²) in [4.78, 5) is 14.4. The zero-order valence-corrected chi connectivity index (χ0v) is 26.8. The van der Waals surface area contributed by atoms with Crippen LogP contribution in [0.4, 0.5) is 0 Å². The van der Waals surface area contributed by atoms with Gasteiger partial charge in [-0.2, -0.15) is 0 Å². The van der Waals surface area contributed by atoms with Crippen molar-refractivity contribution in [3.05, 3.63) is 180 Å². The molecule has 0 saturated carbocycles. The van der Waals surface area contributed by atoms with E-state index in [1.807, 2.05) is 146 Å². The molecule has 1 aliphatic carbocycles. The molecule has 9 heteroatoms. The Morgan fingerprint density at radius 1 is 0.362 bits per heavy atom. The van der Waals surface area contributed by atoms with Crippen molar-refractivity contribution in [3.8, 4) is 34.5 Å².